The van der Waals surface area contributed by atoms with Gasteiger partial charge in [-0.25, -0.2) is 9.67 Å². The third kappa shape index (κ3) is 3.96. The maximum Gasteiger partial charge on any atom is 0.262 e. The Morgan fingerprint density at radius 3 is 2.62 bits per heavy atom. The molecule has 2 N–H and O–H groups in total. The van der Waals surface area contributed by atoms with Gasteiger partial charge in [0.1, 0.15) is 5.39 Å². The van der Waals surface area contributed by atoms with Gasteiger partial charge < -0.3 is 15.0 Å². The number of aromatic nitrogens is 4. The fourth-order valence-electron chi connectivity index (χ4n) is 2.65. The molecule has 132 valence electrons. The summed E-state index contributed by atoms with van der Waals surface area (Å²) in [4.78, 5) is 33.3. The van der Waals surface area contributed by atoms with Crippen molar-refractivity contribution in [3.05, 3.63) is 16.6 Å². The van der Waals surface area contributed by atoms with Gasteiger partial charge in [0.2, 0.25) is 5.91 Å². The predicted molar refractivity (Wildman–Crippen MR) is 93.1 cm³/mol. The summed E-state index contributed by atoms with van der Waals surface area (Å²) in [6, 6.07) is 0.220. The lowest BCUT2D eigenvalue weighted by molar-refractivity contribution is -0.131. The van der Waals surface area contributed by atoms with Gasteiger partial charge in [0, 0.05) is 12.1 Å². The van der Waals surface area contributed by atoms with Crippen molar-refractivity contribution in [1.29, 1.82) is 0 Å². The first-order chi connectivity index (χ1) is 11.3. The molecular weight excluding hydrogens is 330 g/mol. The molecule has 24 heavy (non-hydrogen) atoms. The highest BCUT2D eigenvalue weighted by molar-refractivity contribution is 7.99. The number of amides is 1. The number of aromatic amines is 1. The molecule has 0 aliphatic rings. The fourth-order valence-corrected chi connectivity index (χ4v) is 3.37. The number of fused-ring (bicyclic) bond motifs is 1. The van der Waals surface area contributed by atoms with Crippen molar-refractivity contribution in [1.82, 2.24) is 24.6 Å². The second kappa shape index (κ2) is 7.80. The van der Waals surface area contributed by atoms with E-state index in [1.807, 2.05) is 27.7 Å². The highest BCUT2D eigenvalue weighted by Crippen LogP contribution is 2.17. The minimum absolute atomic E-state index is 0.00314. The summed E-state index contributed by atoms with van der Waals surface area (Å²) >= 11 is 1.19. The second-order valence-electron chi connectivity index (χ2n) is 5.98. The minimum Gasteiger partial charge on any atom is -0.394 e. The predicted octanol–water partition coefficient (Wildman–Crippen LogP) is 0.849. The lowest BCUT2D eigenvalue weighted by Crippen LogP contribution is -2.43. The molecule has 8 nitrogen and oxygen atoms in total. The average molecular weight is 353 g/mol. The van der Waals surface area contributed by atoms with Crippen LogP contribution in [0, 0.1) is 0 Å². The van der Waals surface area contributed by atoms with Gasteiger partial charge in [0.15, 0.2) is 10.8 Å². The molecule has 0 saturated carbocycles. The Bertz CT molecular complexity index is 760. The van der Waals surface area contributed by atoms with E-state index in [1.165, 1.54) is 22.6 Å². The summed E-state index contributed by atoms with van der Waals surface area (Å²) in [6.45, 7) is 8.07. The lowest BCUT2D eigenvalue weighted by atomic mass is 10.2. The average Bonchev–Trinajstić information content (AvgIpc) is 2.88. The zero-order chi connectivity index (χ0) is 17.9. The molecule has 0 saturated heterocycles. The van der Waals surface area contributed by atoms with E-state index in [-0.39, 0.29) is 42.5 Å². The van der Waals surface area contributed by atoms with E-state index in [0.29, 0.717) is 16.2 Å². The van der Waals surface area contributed by atoms with Gasteiger partial charge in [-0.05, 0) is 27.7 Å². The smallest absolute Gasteiger partial charge is 0.262 e. The number of nitrogens with one attached hydrogen (secondary N) is 1. The number of aliphatic hydroxyl groups is 1. The lowest BCUT2D eigenvalue weighted by Gasteiger charge is -2.30. The van der Waals surface area contributed by atoms with E-state index in [2.05, 4.69) is 15.1 Å². The third-order valence-corrected chi connectivity index (χ3v) is 4.39. The Morgan fingerprint density at radius 2 is 2.04 bits per heavy atom. The van der Waals surface area contributed by atoms with Crippen LogP contribution in [0.25, 0.3) is 11.0 Å². The quantitative estimate of drug-likeness (QED) is 0.565. The highest BCUT2D eigenvalue weighted by atomic mass is 32.2. The molecule has 0 spiro atoms. The third-order valence-electron chi connectivity index (χ3n) is 3.53. The second-order valence-corrected chi connectivity index (χ2v) is 6.94. The van der Waals surface area contributed by atoms with E-state index >= 15 is 0 Å². The van der Waals surface area contributed by atoms with Crippen LogP contribution in [0.4, 0.5) is 0 Å². The first-order valence-corrected chi connectivity index (χ1v) is 8.84. The number of nitrogens with zero attached hydrogens (tertiary/aromatic N) is 4. The van der Waals surface area contributed by atoms with Crippen molar-refractivity contribution in [2.24, 2.45) is 0 Å². The molecule has 2 heterocycles. The van der Waals surface area contributed by atoms with Crippen molar-refractivity contribution in [3.63, 3.8) is 0 Å². The van der Waals surface area contributed by atoms with Crippen LogP contribution in [-0.2, 0) is 11.3 Å². The Labute approximate surface area is 144 Å². The summed E-state index contributed by atoms with van der Waals surface area (Å²) < 4.78 is 1.48. The van der Waals surface area contributed by atoms with Crippen LogP contribution in [0.2, 0.25) is 0 Å². The van der Waals surface area contributed by atoms with Gasteiger partial charge >= 0.3 is 0 Å². The standard InChI is InChI=1S/C15H23N5O3S/c1-9(2)20(10(3)4)12(22)8-24-15-17-13-11(14(23)18-15)7-16-19(13)5-6-21/h7,9-10,21H,5-6,8H2,1-4H3,(H,17,18,23). The summed E-state index contributed by atoms with van der Waals surface area (Å²) in [5, 5.41) is 13.8. The number of rotatable bonds is 7. The van der Waals surface area contributed by atoms with Crippen LogP contribution in [0.1, 0.15) is 27.7 Å². The molecule has 0 atom stereocenters. The molecule has 0 aromatic carbocycles. The summed E-state index contributed by atoms with van der Waals surface area (Å²) in [7, 11) is 0. The number of hydrogen-bond donors (Lipinski definition) is 2. The summed E-state index contributed by atoms with van der Waals surface area (Å²) in [6.07, 6.45) is 1.43. The van der Waals surface area contributed by atoms with Crippen molar-refractivity contribution in [2.75, 3.05) is 12.4 Å². The van der Waals surface area contributed by atoms with Crippen LogP contribution in [0.15, 0.2) is 16.1 Å². The molecular formula is C15H23N5O3S. The Kier molecular flexibility index (Phi) is 6.00. The van der Waals surface area contributed by atoms with Gasteiger partial charge in [0.05, 0.1) is 25.1 Å². The number of hydrogen-bond acceptors (Lipinski definition) is 6. The maximum atomic E-state index is 12.4. The van der Waals surface area contributed by atoms with Gasteiger partial charge in [-0.15, -0.1) is 0 Å². The highest BCUT2D eigenvalue weighted by Gasteiger charge is 2.20. The topological polar surface area (TPSA) is 104 Å². The van der Waals surface area contributed by atoms with Gasteiger partial charge in [-0.2, -0.15) is 5.10 Å². The number of carbonyl (C=O) groups is 1. The molecule has 1 amide bonds. The van der Waals surface area contributed by atoms with Crippen molar-refractivity contribution >= 4 is 28.7 Å². The van der Waals surface area contributed by atoms with Crippen LogP contribution in [0.5, 0.6) is 0 Å². The largest absolute Gasteiger partial charge is 0.394 e. The number of H-pyrrole nitrogens is 1. The van der Waals surface area contributed by atoms with Gasteiger partial charge in [0.25, 0.3) is 5.56 Å². The van der Waals surface area contributed by atoms with E-state index in [9.17, 15) is 9.59 Å². The molecule has 0 aliphatic carbocycles. The van der Waals surface area contributed by atoms with Crippen LogP contribution in [0.3, 0.4) is 0 Å². The number of aliphatic hydroxyl groups excluding tert-OH is 1. The van der Waals surface area contributed by atoms with Gasteiger partial charge in [-0.3, -0.25) is 9.59 Å². The van der Waals surface area contributed by atoms with Crippen molar-refractivity contribution < 1.29 is 9.90 Å². The molecule has 2 aromatic heterocycles. The van der Waals surface area contributed by atoms with E-state index in [0.717, 1.165) is 0 Å². The van der Waals surface area contributed by atoms with Crippen LogP contribution >= 0.6 is 11.8 Å². The maximum absolute atomic E-state index is 12.4. The molecule has 2 aromatic rings. The Hall–Kier alpha value is -1.87. The zero-order valence-corrected chi connectivity index (χ0v) is 15.1. The molecule has 0 aliphatic heterocycles. The van der Waals surface area contributed by atoms with Gasteiger partial charge in [-0.1, -0.05) is 11.8 Å². The zero-order valence-electron chi connectivity index (χ0n) is 14.3. The van der Waals surface area contributed by atoms with Crippen LogP contribution < -0.4 is 5.56 Å². The molecule has 0 unspecified atom stereocenters. The van der Waals surface area contributed by atoms with E-state index < -0.39 is 0 Å². The SMILES string of the molecule is CC(C)N(C(=O)CSc1nc2c(cnn2CCO)c(=O)[nH]1)C(C)C. The van der Waals surface area contributed by atoms with Crippen molar-refractivity contribution in [2.45, 2.75) is 51.5 Å². The number of carbonyl (C=O) groups excluding carboxylic acids is 1. The summed E-state index contributed by atoms with van der Waals surface area (Å²) in [5.41, 5.74) is 0.107. The normalized spacial score (nSPS) is 11.6. The van der Waals surface area contributed by atoms with Crippen molar-refractivity contribution in [3.8, 4) is 0 Å². The molecule has 0 radical (unpaired) electrons. The van der Waals surface area contributed by atoms with E-state index in [1.54, 1.807) is 4.90 Å². The Balaban J connectivity index is 2.19. The molecule has 2 rings (SSSR count). The first-order valence-electron chi connectivity index (χ1n) is 7.85. The summed E-state index contributed by atoms with van der Waals surface area (Å²) in [5.74, 6) is 0.190. The monoisotopic (exact) mass is 353 g/mol. The van der Waals surface area contributed by atoms with Crippen LogP contribution in [-0.4, -0.2) is 60.1 Å². The molecule has 0 bridgehead atoms. The number of thioether (sulfide) groups is 1. The minimum atomic E-state index is -0.302. The molecule has 0 fully saturated rings. The van der Waals surface area contributed by atoms with E-state index in [4.69, 9.17) is 5.11 Å². The molecule has 9 heteroatoms. The Morgan fingerprint density at radius 1 is 1.38 bits per heavy atom. The first kappa shape index (κ1) is 18.5. The fraction of sp³-hybridized carbons (Fsp3) is 0.600.